The molecule has 1 heteroatoms. The molecule has 0 spiro atoms. The van der Waals surface area contributed by atoms with Crippen LogP contribution in [0.5, 0.6) is 0 Å². The van der Waals surface area contributed by atoms with Crippen molar-refractivity contribution in [2.24, 2.45) is 17.8 Å². The van der Waals surface area contributed by atoms with E-state index in [1.807, 2.05) is 0 Å². The van der Waals surface area contributed by atoms with Gasteiger partial charge in [0, 0.05) is 12.6 Å². The van der Waals surface area contributed by atoms with Crippen LogP contribution in [-0.2, 0) is 0 Å². The molecule has 1 aliphatic heterocycles. The Morgan fingerprint density at radius 2 is 1.92 bits per heavy atom. The van der Waals surface area contributed by atoms with Crippen LogP contribution in [0.25, 0.3) is 0 Å². The zero-order valence-corrected chi connectivity index (χ0v) is 9.29. The van der Waals surface area contributed by atoms with Gasteiger partial charge >= 0.3 is 0 Å². The second-order valence-corrected chi connectivity index (χ2v) is 5.23. The average Bonchev–Trinajstić information content (AvgIpc) is 2.84. The van der Waals surface area contributed by atoms with Crippen LogP contribution in [0.3, 0.4) is 0 Å². The maximum absolute atomic E-state index is 2.70. The summed E-state index contributed by atoms with van der Waals surface area (Å²) in [6, 6.07) is 0.885. The maximum Gasteiger partial charge on any atom is 0.0121 e. The van der Waals surface area contributed by atoms with Crippen molar-refractivity contribution < 1.29 is 0 Å². The summed E-state index contributed by atoms with van der Waals surface area (Å²) in [5, 5.41) is 0. The Labute approximate surface area is 82.5 Å². The summed E-state index contributed by atoms with van der Waals surface area (Å²) in [6.45, 7) is 9.71. The molecule has 0 amide bonds. The third-order valence-corrected chi connectivity index (χ3v) is 3.95. The lowest BCUT2D eigenvalue weighted by molar-refractivity contribution is 0.215. The van der Waals surface area contributed by atoms with Gasteiger partial charge in [0.15, 0.2) is 0 Å². The van der Waals surface area contributed by atoms with Gasteiger partial charge in [-0.3, -0.25) is 0 Å². The molecule has 76 valence electrons. The normalized spacial score (nSPS) is 36.0. The molecule has 0 aromatic rings. The fourth-order valence-corrected chi connectivity index (χ4v) is 2.94. The molecule has 1 aliphatic carbocycles. The minimum Gasteiger partial charge on any atom is -0.300 e. The summed E-state index contributed by atoms with van der Waals surface area (Å²) in [5.41, 5.74) is 0. The minimum absolute atomic E-state index is 0.851. The van der Waals surface area contributed by atoms with E-state index in [-0.39, 0.29) is 0 Å². The van der Waals surface area contributed by atoms with Crippen LogP contribution in [0.4, 0.5) is 0 Å². The van der Waals surface area contributed by atoms with E-state index in [0.29, 0.717) is 0 Å². The highest BCUT2D eigenvalue weighted by Gasteiger charge is 2.40. The van der Waals surface area contributed by atoms with Crippen LogP contribution in [-0.4, -0.2) is 24.0 Å². The van der Waals surface area contributed by atoms with E-state index in [4.69, 9.17) is 0 Å². The summed E-state index contributed by atoms with van der Waals surface area (Å²) < 4.78 is 0. The van der Waals surface area contributed by atoms with Gasteiger partial charge in [-0.25, -0.2) is 0 Å². The van der Waals surface area contributed by atoms with Crippen LogP contribution < -0.4 is 0 Å². The van der Waals surface area contributed by atoms with E-state index in [9.17, 15) is 0 Å². The highest BCUT2D eigenvalue weighted by molar-refractivity contribution is 4.93. The molecule has 2 fully saturated rings. The van der Waals surface area contributed by atoms with Gasteiger partial charge in [-0.1, -0.05) is 20.8 Å². The number of hydrogen-bond donors (Lipinski definition) is 0. The summed E-state index contributed by atoms with van der Waals surface area (Å²) in [5.74, 6) is 3.01. The average molecular weight is 181 g/mol. The molecule has 1 unspecified atom stereocenters. The predicted molar refractivity (Wildman–Crippen MR) is 56.7 cm³/mol. The standard InChI is InChI=1S/C12H23N/c1-4-13-8-11(10-5-6-10)7-12(13)9(2)3/h9-12H,4-8H2,1-3H3/t11?,12-/m0/s1. The van der Waals surface area contributed by atoms with Crippen LogP contribution in [0.2, 0.25) is 0 Å². The van der Waals surface area contributed by atoms with Gasteiger partial charge in [0.05, 0.1) is 0 Å². The molecule has 2 rings (SSSR count). The summed E-state index contributed by atoms with van der Waals surface area (Å²) in [4.78, 5) is 2.70. The molecule has 2 atom stereocenters. The quantitative estimate of drug-likeness (QED) is 0.647. The monoisotopic (exact) mass is 181 g/mol. The summed E-state index contributed by atoms with van der Waals surface area (Å²) in [7, 11) is 0. The fraction of sp³-hybridized carbons (Fsp3) is 1.00. The van der Waals surface area contributed by atoms with E-state index in [1.54, 1.807) is 0 Å². The Hall–Kier alpha value is -0.0400. The van der Waals surface area contributed by atoms with E-state index in [1.165, 1.54) is 32.4 Å². The Kier molecular flexibility index (Phi) is 2.64. The molecule has 1 heterocycles. The lowest BCUT2D eigenvalue weighted by Crippen LogP contribution is -2.33. The van der Waals surface area contributed by atoms with Crippen molar-refractivity contribution >= 4 is 0 Å². The molecule has 0 aromatic carbocycles. The first-order chi connectivity index (χ1) is 6.22. The molecular formula is C12H23N. The third-order valence-electron chi connectivity index (χ3n) is 3.95. The highest BCUT2D eigenvalue weighted by Crippen LogP contribution is 2.44. The van der Waals surface area contributed by atoms with Gasteiger partial charge in [-0.15, -0.1) is 0 Å². The summed E-state index contributed by atoms with van der Waals surface area (Å²) in [6.07, 6.45) is 4.52. The first kappa shape index (κ1) is 9.51. The topological polar surface area (TPSA) is 3.24 Å². The van der Waals surface area contributed by atoms with E-state index >= 15 is 0 Å². The number of hydrogen-bond acceptors (Lipinski definition) is 1. The Bertz CT molecular complexity index is 172. The van der Waals surface area contributed by atoms with Crippen molar-refractivity contribution in [2.75, 3.05) is 13.1 Å². The summed E-state index contributed by atoms with van der Waals surface area (Å²) >= 11 is 0. The van der Waals surface area contributed by atoms with Gasteiger partial charge in [-0.05, 0) is 43.6 Å². The molecule has 1 saturated carbocycles. The molecule has 0 N–H and O–H groups in total. The van der Waals surface area contributed by atoms with Gasteiger partial charge in [-0.2, -0.15) is 0 Å². The Morgan fingerprint density at radius 3 is 2.31 bits per heavy atom. The largest absolute Gasteiger partial charge is 0.300 e. The molecule has 0 bridgehead atoms. The van der Waals surface area contributed by atoms with Crippen LogP contribution in [0, 0.1) is 17.8 Å². The van der Waals surface area contributed by atoms with Gasteiger partial charge in [0.1, 0.15) is 0 Å². The second-order valence-electron chi connectivity index (χ2n) is 5.23. The van der Waals surface area contributed by atoms with Gasteiger partial charge in [0.2, 0.25) is 0 Å². The fourth-order valence-electron chi connectivity index (χ4n) is 2.94. The Balaban J connectivity index is 1.94. The molecule has 0 aromatic heterocycles. The number of likely N-dealkylation sites (tertiary alicyclic amines) is 1. The number of nitrogens with zero attached hydrogens (tertiary/aromatic N) is 1. The predicted octanol–water partition coefficient (Wildman–Crippen LogP) is 2.76. The first-order valence-corrected chi connectivity index (χ1v) is 5.96. The van der Waals surface area contributed by atoms with Crippen LogP contribution >= 0.6 is 0 Å². The van der Waals surface area contributed by atoms with Crippen molar-refractivity contribution in [1.82, 2.24) is 4.90 Å². The molecule has 2 aliphatic rings. The van der Waals surface area contributed by atoms with Crippen molar-refractivity contribution in [3.63, 3.8) is 0 Å². The molecule has 0 radical (unpaired) electrons. The minimum atomic E-state index is 0.851. The lowest BCUT2D eigenvalue weighted by atomic mass is 9.95. The maximum atomic E-state index is 2.70. The lowest BCUT2D eigenvalue weighted by Gasteiger charge is -2.25. The van der Waals surface area contributed by atoms with Crippen molar-refractivity contribution in [3.05, 3.63) is 0 Å². The van der Waals surface area contributed by atoms with Gasteiger partial charge < -0.3 is 4.90 Å². The zero-order valence-electron chi connectivity index (χ0n) is 9.29. The van der Waals surface area contributed by atoms with Crippen molar-refractivity contribution in [2.45, 2.75) is 46.1 Å². The van der Waals surface area contributed by atoms with Crippen LogP contribution in [0.15, 0.2) is 0 Å². The van der Waals surface area contributed by atoms with Crippen molar-refractivity contribution in [3.8, 4) is 0 Å². The van der Waals surface area contributed by atoms with Crippen molar-refractivity contribution in [1.29, 1.82) is 0 Å². The van der Waals surface area contributed by atoms with E-state index < -0.39 is 0 Å². The van der Waals surface area contributed by atoms with Crippen LogP contribution in [0.1, 0.15) is 40.0 Å². The molecule has 1 saturated heterocycles. The second kappa shape index (κ2) is 3.61. The smallest absolute Gasteiger partial charge is 0.0121 e. The highest BCUT2D eigenvalue weighted by atomic mass is 15.2. The van der Waals surface area contributed by atoms with E-state index in [0.717, 1.165) is 23.8 Å². The van der Waals surface area contributed by atoms with Gasteiger partial charge in [0.25, 0.3) is 0 Å². The molecule has 1 nitrogen and oxygen atoms in total. The first-order valence-electron chi connectivity index (χ1n) is 5.96. The van der Waals surface area contributed by atoms with E-state index in [2.05, 4.69) is 25.7 Å². The molecular weight excluding hydrogens is 158 g/mol. The number of rotatable bonds is 3. The SMILES string of the molecule is CCN1CC(C2CC2)C[C@H]1C(C)C. The zero-order chi connectivity index (χ0) is 9.42. The molecule has 13 heavy (non-hydrogen) atoms. The Morgan fingerprint density at radius 1 is 1.23 bits per heavy atom. The third kappa shape index (κ3) is 1.90.